The van der Waals surface area contributed by atoms with Gasteiger partial charge in [0, 0.05) is 24.4 Å². The number of thiol groups is 1. The number of carbonyl (C=O) groups excluding carboxylic acids is 1. The smallest absolute Gasteiger partial charge is 0.254 e. The van der Waals surface area contributed by atoms with Gasteiger partial charge in [0.1, 0.15) is 0 Å². The van der Waals surface area contributed by atoms with E-state index in [4.69, 9.17) is 4.74 Å². The van der Waals surface area contributed by atoms with Crippen LogP contribution in [0.15, 0.2) is 24.3 Å². The number of fused-ring (bicyclic) bond motifs is 1. The van der Waals surface area contributed by atoms with Crippen LogP contribution >= 0.6 is 12.6 Å². The lowest BCUT2D eigenvalue weighted by Gasteiger charge is -2.20. The standard InChI is InChI=1S/C14H19NO2S/c16-14-13-6-2-1-4-12(13)5-3-7-15(14)8-9-17-10-11-18/h1-2,4,6,18H,3,5,7-11H2. The van der Waals surface area contributed by atoms with Crippen molar-refractivity contribution >= 4 is 18.5 Å². The first-order valence-corrected chi connectivity index (χ1v) is 7.02. The number of hydrogen-bond acceptors (Lipinski definition) is 3. The van der Waals surface area contributed by atoms with E-state index in [2.05, 4.69) is 12.6 Å². The third-order valence-electron chi connectivity index (χ3n) is 3.15. The van der Waals surface area contributed by atoms with E-state index in [1.165, 1.54) is 5.56 Å². The molecule has 1 aliphatic heterocycles. The number of aryl methyl sites for hydroxylation is 1. The maximum Gasteiger partial charge on any atom is 0.254 e. The van der Waals surface area contributed by atoms with Crippen LogP contribution in [-0.4, -0.2) is 42.9 Å². The van der Waals surface area contributed by atoms with Gasteiger partial charge >= 0.3 is 0 Å². The molecule has 0 unspecified atom stereocenters. The minimum atomic E-state index is 0.137. The van der Waals surface area contributed by atoms with Gasteiger partial charge < -0.3 is 9.64 Å². The largest absolute Gasteiger partial charge is 0.379 e. The first-order valence-electron chi connectivity index (χ1n) is 6.38. The van der Waals surface area contributed by atoms with Crippen LogP contribution in [0.3, 0.4) is 0 Å². The molecule has 3 nitrogen and oxygen atoms in total. The van der Waals surface area contributed by atoms with Gasteiger partial charge in [0.15, 0.2) is 0 Å². The minimum absolute atomic E-state index is 0.137. The quantitative estimate of drug-likeness (QED) is 0.652. The predicted molar refractivity (Wildman–Crippen MR) is 75.3 cm³/mol. The van der Waals surface area contributed by atoms with Gasteiger partial charge in [-0.05, 0) is 24.5 Å². The lowest BCUT2D eigenvalue weighted by molar-refractivity contribution is 0.0666. The summed E-state index contributed by atoms with van der Waals surface area (Å²) in [4.78, 5) is 14.2. The van der Waals surface area contributed by atoms with Crippen molar-refractivity contribution in [1.82, 2.24) is 4.90 Å². The second-order valence-corrected chi connectivity index (χ2v) is 4.84. The summed E-state index contributed by atoms with van der Waals surface area (Å²) in [7, 11) is 0. The van der Waals surface area contributed by atoms with Gasteiger partial charge in [-0.3, -0.25) is 4.79 Å². The van der Waals surface area contributed by atoms with Crippen LogP contribution in [0, 0.1) is 0 Å². The van der Waals surface area contributed by atoms with Crippen molar-refractivity contribution in [3.8, 4) is 0 Å². The third kappa shape index (κ3) is 3.27. The van der Waals surface area contributed by atoms with Crippen LogP contribution in [0.2, 0.25) is 0 Å². The zero-order valence-electron chi connectivity index (χ0n) is 10.5. The number of carbonyl (C=O) groups is 1. The summed E-state index contributed by atoms with van der Waals surface area (Å²) in [6.07, 6.45) is 2.01. The molecule has 0 aliphatic carbocycles. The average Bonchev–Trinajstić information content (AvgIpc) is 2.56. The molecule has 0 spiro atoms. The summed E-state index contributed by atoms with van der Waals surface area (Å²) in [6, 6.07) is 7.90. The van der Waals surface area contributed by atoms with Crippen molar-refractivity contribution in [1.29, 1.82) is 0 Å². The third-order valence-corrected chi connectivity index (χ3v) is 3.33. The number of hydrogen-bond donors (Lipinski definition) is 1. The minimum Gasteiger partial charge on any atom is -0.379 e. The number of rotatable bonds is 5. The molecule has 1 aliphatic rings. The number of amides is 1. The normalized spacial score (nSPS) is 15.4. The molecule has 0 bridgehead atoms. The van der Waals surface area contributed by atoms with E-state index in [1.807, 2.05) is 29.2 Å². The van der Waals surface area contributed by atoms with Crippen LogP contribution in [0.4, 0.5) is 0 Å². The Kier molecular flexibility index (Phi) is 5.08. The molecule has 1 aromatic carbocycles. The van der Waals surface area contributed by atoms with E-state index < -0.39 is 0 Å². The molecule has 1 amide bonds. The highest BCUT2D eigenvalue weighted by Gasteiger charge is 2.21. The van der Waals surface area contributed by atoms with Crippen molar-refractivity contribution in [2.75, 3.05) is 32.1 Å². The van der Waals surface area contributed by atoms with Gasteiger partial charge in [0.25, 0.3) is 5.91 Å². The molecule has 1 aromatic rings. The van der Waals surface area contributed by atoms with Crippen molar-refractivity contribution < 1.29 is 9.53 Å². The summed E-state index contributed by atoms with van der Waals surface area (Å²) < 4.78 is 5.39. The Morgan fingerprint density at radius 3 is 2.94 bits per heavy atom. The predicted octanol–water partition coefficient (Wildman–Crippen LogP) is 2.02. The molecule has 1 heterocycles. The van der Waals surface area contributed by atoms with Crippen LogP contribution in [0.25, 0.3) is 0 Å². The Balaban J connectivity index is 1.99. The molecule has 0 saturated heterocycles. The zero-order valence-corrected chi connectivity index (χ0v) is 11.4. The highest BCUT2D eigenvalue weighted by Crippen LogP contribution is 2.18. The molecule has 98 valence electrons. The van der Waals surface area contributed by atoms with Crippen LogP contribution in [0.1, 0.15) is 22.3 Å². The van der Waals surface area contributed by atoms with Crippen LogP contribution in [0.5, 0.6) is 0 Å². The fraction of sp³-hybridized carbons (Fsp3) is 0.500. The van der Waals surface area contributed by atoms with E-state index in [9.17, 15) is 4.79 Å². The maximum absolute atomic E-state index is 12.4. The molecule has 18 heavy (non-hydrogen) atoms. The Bertz CT molecular complexity index is 409. The molecule has 0 aromatic heterocycles. The Morgan fingerprint density at radius 1 is 1.28 bits per heavy atom. The van der Waals surface area contributed by atoms with Crippen molar-refractivity contribution in [3.05, 3.63) is 35.4 Å². The van der Waals surface area contributed by atoms with Crippen LogP contribution in [-0.2, 0) is 11.2 Å². The SMILES string of the molecule is O=C1c2ccccc2CCCN1CCOCCS. The lowest BCUT2D eigenvalue weighted by atomic mass is 10.0. The second kappa shape index (κ2) is 6.81. The van der Waals surface area contributed by atoms with Gasteiger partial charge in [-0.15, -0.1) is 0 Å². The van der Waals surface area contributed by atoms with E-state index >= 15 is 0 Å². The maximum atomic E-state index is 12.4. The molecule has 0 fully saturated rings. The first kappa shape index (κ1) is 13.4. The zero-order chi connectivity index (χ0) is 12.8. The fourth-order valence-electron chi connectivity index (χ4n) is 2.23. The molecule has 0 saturated carbocycles. The Hall–Kier alpha value is -1.00. The molecular weight excluding hydrogens is 246 g/mol. The average molecular weight is 265 g/mol. The summed E-state index contributed by atoms with van der Waals surface area (Å²) in [5.74, 6) is 0.856. The number of nitrogens with zero attached hydrogens (tertiary/aromatic N) is 1. The topological polar surface area (TPSA) is 29.5 Å². The molecular formula is C14H19NO2S. The molecule has 0 radical (unpaired) electrons. The molecule has 2 rings (SSSR count). The van der Waals surface area contributed by atoms with Gasteiger partial charge in [-0.1, -0.05) is 18.2 Å². The van der Waals surface area contributed by atoms with Crippen molar-refractivity contribution in [2.24, 2.45) is 0 Å². The highest BCUT2D eigenvalue weighted by molar-refractivity contribution is 7.80. The van der Waals surface area contributed by atoms with Gasteiger partial charge in [-0.25, -0.2) is 0 Å². The fourth-order valence-corrected chi connectivity index (χ4v) is 2.36. The summed E-state index contributed by atoms with van der Waals surface area (Å²) in [5, 5.41) is 0. The molecule has 0 atom stereocenters. The van der Waals surface area contributed by atoms with E-state index in [0.717, 1.165) is 30.7 Å². The first-order chi connectivity index (χ1) is 8.83. The number of ether oxygens (including phenoxy) is 1. The van der Waals surface area contributed by atoms with Crippen molar-refractivity contribution in [2.45, 2.75) is 12.8 Å². The Morgan fingerprint density at radius 2 is 2.11 bits per heavy atom. The van der Waals surface area contributed by atoms with E-state index in [0.29, 0.717) is 19.8 Å². The summed E-state index contributed by atoms with van der Waals surface area (Å²) >= 11 is 4.09. The second-order valence-electron chi connectivity index (χ2n) is 4.39. The molecule has 0 N–H and O–H groups in total. The highest BCUT2D eigenvalue weighted by atomic mass is 32.1. The van der Waals surface area contributed by atoms with E-state index in [1.54, 1.807) is 0 Å². The number of benzene rings is 1. The summed E-state index contributed by atoms with van der Waals surface area (Å²) in [6.45, 7) is 2.72. The van der Waals surface area contributed by atoms with E-state index in [-0.39, 0.29) is 5.91 Å². The molecule has 4 heteroatoms. The summed E-state index contributed by atoms with van der Waals surface area (Å²) in [5.41, 5.74) is 2.02. The van der Waals surface area contributed by atoms with Crippen molar-refractivity contribution in [3.63, 3.8) is 0 Å². The lowest BCUT2D eigenvalue weighted by Crippen LogP contribution is -2.34. The van der Waals surface area contributed by atoms with Gasteiger partial charge in [0.2, 0.25) is 0 Å². The Labute approximate surface area is 114 Å². The van der Waals surface area contributed by atoms with Crippen LogP contribution < -0.4 is 0 Å². The van der Waals surface area contributed by atoms with Gasteiger partial charge in [0.05, 0.1) is 13.2 Å². The van der Waals surface area contributed by atoms with Gasteiger partial charge in [-0.2, -0.15) is 12.6 Å². The monoisotopic (exact) mass is 265 g/mol.